The van der Waals surface area contributed by atoms with Gasteiger partial charge in [0.05, 0.1) is 34.4 Å². The van der Waals surface area contributed by atoms with E-state index in [1.54, 1.807) is 0 Å². The van der Waals surface area contributed by atoms with Crippen molar-refractivity contribution in [2.24, 2.45) is 0 Å². The second-order valence-electron chi connectivity index (χ2n) is 15.3. The molecule has 0 aliphatic carbocycles. The van der Waals surface area contributed by atoms with Crippen molar-refractivity contribution in [2.75, 3.05) is 54.1 Å². The largest absolute Gasteiger partial charge is 0.756 e. The van der Waals surface area contributed by atoms with E-state index in [2.05, 4.69) is 98.9 Å². The van der Waals surface area contributed by atoms with Gasteiger partial charge in [0.2, 0.25) is 0 Å². The van der Waals surface area contributed by atoms with Crippen LogP contribution >= 0.6 is 7.82 Å². The fourth-order valence-electron chi connectivity index (χ4n) is 5.29. The molecule has 0 aliphatic heterocycles. The molecule has 0 saturated heterocycles. The second kappa shape index (κ2) is 39.5. The van der Waals surface area contributed by atoms with Gasteiger partial charge in [-0.3, -0.25) is 9.36 Å². The van der Waals surface area contributed by atoms with Crippen molar-refractivity contribution in [3.8, 4) is 0 Å². The van der Waals surface area contributed by atoms with Gasteiger partial charge < -0.3 is 27.9 Å². The van der Waals surface area contributed by atoms with Crippen molar-refractivity contribution in [3.05, 3.63) is 85.1 Å². The average molecular weight is 804 g/mol. The lowest BCUT2D eigenvalue weighted by molar-refractivity contribution is -0.870. The molecule has 0 aromatic heterocycles. The number of phosphoric ester groups is 1. The van der Waals surface area contributed by atoms with Gasteiger partial charge in [-0.05, 0) is 83.5 Å². The standard InChI is InChI=1S/C47H82NO7P/c1-6-8-10-12-14-16-18-20-22-23-24-25-26-28-30-32-34-36-38-40-47(49)55-46(45-54-56(50,51)53-43-41-48(3,4)5)44-52-42-39-37-35-33-31-29-27-21-19-17-15-13-11-9-7-2/h8,10,13-16,19-22,24-25,28,30,46H,6-7,9,11-12,17-18,23,26-27,29,31-45H2,1-5H3/b10-8-,15-13-,16-14-,21-19-,22-20-,25-24-,30-28-. The Kier molecular flexibility index (Phi) is 37.9. The van der Waals surface area contributed by atoms with Crippen molar-refractivity contribution in [1.82, 2.24) is 0 Å². The van der Waals surface area contributed by atoms with Crippen LogP contribution in [0.15, 0.2) is 85.1 Å². The van der Waals surface area contributed by atoms with E-state index >= 15 is 0 Å². The fourth-order valence-corrected chi connectivity index (χ4v) is 6.02. The van der Waals surface area contributed by atoms with Crippen LogP contribution in [0.25, 0.3) is 0 Å². The number of quaternary nitrogens is 1. The first-order valence-corrected chi connectivity index (χ1v) is 23.3. The van der Waals surface area contributed by atoms with Crippen LogP contribution in [-0.2, 0) is 27.9 Å². The minimum absolute atomic E-state index is 0.0122. The molecule has 0 N–H and O–H groups in total. The Bertz CT molecular complexity index is 1170. The summed E-state index contributed by atoms with van der Waals surface area (Å²) >= 11 is 0. The third-order valence-corrected chi connectivity index (χ3v) is 9.64. The molecule has 0 saturated carbocycles. The average Bonchev–Trinajstić information content (AvgIpc) is 3.15. The zero-order chi connectivity index (χ0) is 41.3. The maximum atomic E-state index is 12.7. The minimum Gasteiger partial charge on any atom is -0.756 e. The number of phosphoric acid groups is 1. The summed E-state index contributed by atoms with van der Waals surface area (Å²) < 4.78 is 34.5. The van der Waals surface area contributed by atoms with Gasteiger partial charge >= 0.3 is 5.97 Å². The number of unbranched alkanes of at least 4 members (excludes halogenated alkanes) is 11. The van der Waals surface area contributed by atoms with E-state index < -0.39 is 13.9 Å². The molecule has 2 unspecified atom stereocenters. The van der Waals surface area contributed by atoms with Gasteiger partial charge in [0.15, 0.2) is 0 Å². The summed E-state index contributed by atoms with van der Waals surface area (Å²) in [5.41, 5.74) is 0. The molecule has 0 heterocycles. The van der Waals surface area contributed by atoms with Crippen LogP contribution in [0.3, 0.4) is 0 Å². The fraction of sp³-hybridized carbons (Fsp3) is 0.681. The van der Waals surface area contributed by atoms with Gasteiger partial charge in [-0.25, -0.2) is 0 Å². The second-order valence-corrected chi connectivity index (χ2v) is 16.7. The van der Waals surface area contributed by atoms with E-state index in [1.165, 1.54) is 38.5 Å². The first-order valence-electron chi connectivity index (χ1n) is 21.8. The first kappa shape index (κ1) is 53.7. The molecule has 0 amide bonds. The van der Waals surface area contributed by atoms with Gasteiger partial charge in [0.1, 0.15) is 19.3 Å². The highest BCUT2D eigenvalue weighted by Gasteiger charge is 2.20. The molecule has 0 aromatic rings. The lowest BCUT2D eigenvalue weighted by Gasteiger charge is -2.28. The number of likely N-dealkylation sites (N-methyl/N-ethyl adjacent to an activating group) is 1. The molecule has 0 aliphatic rings. The number of carbonyl (C=O) groups excluding carboxylic acids is 1. The van der Waals surface area contributed by atoms with Crippen LogP contribution in [-0.4, -0.2) is 70.7 Å². The predicted octanol–water partition coefficient (Wildman–Crippen LogP) is 12.2. The number of rotatable bonds is 39. The molecule has 0 rings (SSSR count). The summed E-state index contributed by atoms with van der Waals surface area (Å²) in [6.45, 7) is 5.16. The van der Waals surface area contributed by atoms with Gasteiger partial charge in [0, 0.05) is 13.0 Å². The highest BCUT2D eigenvalue weighted by atomic mass is 31.2. The maximum Gasteiger partial charge on any atom is 0.306 e. The van der Waals surface area contributed by atoms with E-state index in [4.69, 9.17) is 18.5 Å². The Labute approximate surface area is 344 Å². The summed E-state index contributed by atoms with van der Waals surface area (Å²) in [4.78, 5) is 25.0. The monoisotopic (exact) mass is 804 g/mol. The highest BCUT2D eigenvalue weighted by Crippen LogP contribution is 2.38. The molecule has 0 spiro atoms. The molecule has 0 bridgehead atoms. The van der Waals surface area contributed by atoms with Gasteiger partial charge in [-0.15, -0.1) is 0 Å². The van der Waals surface area contributed by atoms with Crippen molar-refractivity contribution in [1.29, 1.82) is 0 Å². The minimum atomic E-state index is -4.54. The zero-order valence-electron chi connectivity index (χ0n) is 36.3. The smallest absolute Gasteiger partial charge is 0.306 e. The Morgan fingerprint density at radius 3 is 1.55 bits per heavy atom. The van der Waals surface area contributed by atoms with Gasteiger partial charge in [0.25, 0.3) is 7.82 Å². The summed E-state index contributed by atoms with van der Waals surface area (Å²) in [5.74, 6) is -0.373. The van der Waals surface area contributed by atoms with Gasteiger partial charge in [-0.2, -0.15) is 0 Å². The summed E-state index contributed by atoms with van der Waals surface area (Å²) in [5, 5.41) is 0. The topological polar surface area (TPSA) is 94.1 Å². The van der Waals surface area contributed by atoms with Crippen LogP contribution in [0.1, 0.15) is 149 Å². The third-order valence-electron chi connectivity index (χ3n) is 8.68. The molecule has 8 nitrogen and oxygen atoms in total. The summed E-state index contributed by atoms with van der Waals surface area (Å²) in [6, 6.07) is 0. The molecule has 322 valence electrons. The van der Waals surface area contributed by atoms with E-state index in [0.717, 1.165) is 83.5 Å². The van der Waals surface area contributed by atoms with Crippen LogP contribution in [0, 0.1) is 0 Å². The van der Waals surface area contributed by atoms with E-state index in [0.29, 0.717) is 24.1 Å². The zero-order valence-corrected chi connectivity index (χ0v) is 37.2. The molecule has 56 heavy (non-hydrogen) atoms. The van der Waals surface area contributed by atoms with E-state index in [-0.39, 0.29) is 32.2 Å². The van der Waals surface area contributed by atoms with Crippen LogP contribution in [0.4, 0.5) is 0 Å². The predicted molar refractivity (Wildman–Crippen MR) is 235 cm³/mol. The number of carbonyl (C=O) groups is 1. The molecule has 0 fully saturated rings. The normalized spacial score (nSPS) is 14.6. The number of hydrogen-bond donors (Lipinski definition) is 0. The Morgan fingerprint density at radius 1 is 0.571 bits per heavy atom. The lowest BCUT2D eigenvalue weighted by atomic mass is 10.1. The van der Waals surface area contributed by atoms with Crippen molar-refractivity contribution in [3.63, 3.8) is 0 Å². The van der Waals surface area contributed by atoms with Crippen LogP contribution < -0.4 is 4.89 Å². The number of nitrogens with zero attached hydrogens (tertiary/aromatic N) is 1. The number of esters is 1. The van der Waals surface area contributed by atoms with Crippen molar-refractivity contribution >= 4 is 13.8 Å². The molecule has 9 heteroatoms. The number of hydrogen-bond acceptors (Lipinski definition) is 7. The Hall–Kier alpha value is -2.32. The maximum absolute atomic E-state index is 12.7. The van der Waals surface area contributed by atoms with Crippen molar-refractivity contribution in [2.45, 2.75) is 155 Å². The lowest BCUT2D eigenvalue weighted by Crippen LogP contribution is -2.37. The SMILES string of the molecule is CC/C=C\C/C=C\C/C=C\C/C=C\C/C=C\CCCCCC(=O)OC(COCCCCCCCC/C=C\C/C=C\CCCC)COP(=O)([O-])OCC[N+](C)(C)C. The molecule has 0 radical (unpaired) electrons. The molecule has 0 aromatic carbocycles. The van der Waals surface area contributed by atoms with Crippen LogP contribution in [0.5, 0.6) is 0 Å². The number of ether oxygens (including phenoxy) is 2. The molecular formula is C47H82NO7P. The van der Waals surface area contributed by atoms with Crippen molar-refractivity contribution < 1.29 is 37.3 Å². The van der Waals surface area contributed by atoms with E-state index in [1.807, 2.05) is 21.1 Å². The Morgan fingerprint density at radius 2 is 1.04 bits per heavy atom. The third kappa shape index (κ3) is 42.8. The van der Waals surface area contributed by atoms with Gasteiger partial charge in [-0.1, -0.05) is 144 Å². The summed E-state index contributed by atoms with van der Waals surface area (Å²) in [6.07, 6.45) is 51.6. The number of allylic oxidation sites excluding steroid dienone is 14. The van der Waals surface area contributed by atoms with Crippen LogP contribution in [0.2, 0.25) is 0 Å². The molecular weight excluding hydrogens is 721 g/mol. The summed E-state index contributed by atoms with van der Waals surface area (Å²) in [7, 11) is 1.31. The molecule has 2 atom stereocenters. The quantitative estimate of drug-likeness (QED) is 0.0201. The highest BCUT2D eigenvalue weighted by molar-refractivity contribution is 7.45. The first-order chi connectivity index (χ1) is 27.1. The van der Waals surface area contributed by atoms with E-state index in [9.17, 15) is 14.3 Å². The Balaban J connectivity index is 4.35.